The lowest BCUT2D eigenvalue weighted by Crippen LogP contribution is -2.45. The van der Waals surface area contributed by atoms with E-state index in [1.807, 2.05) is 0 Å². The largest absolute Gasteiger partial charge is 0.300 e. The second kappa shape index (κ2) is 6.24. The maximum Gasteiger partial charge on any atom is 0.106 e. The Morgan fingerprint density at radius 2 is 2.11 bits per heavy atom. The quantitative estimate of drug-likeness (QED) is 0.767. The van der Waals surface area contributed by atoms with Gasteiger partial charge >= 0.3 is 0 Å². The Morgan fingerprint density at radius 3 is 2.58 bits per heavy atom. The fourth-order valence-corrected chi connectivity index (χ4v) is 3.42. The standard InChI is InChI=1S/C16H29N3/c1-4-16(12-17,18-15-6-7-15)8-5-9-19-11-13(2)10-14(19)3/h13-15,18H,4-11H2,1-3H3. The van der Waals surface area contributed by atoms with E-state index in [1.54, 1.807) is 0 Å². The zero-order valence-corrected chi connectivity index (χ0v) is 12.8. The zero-order chi connectivity index (χ0) is 13.9. The fourth-order valence-electron chi connectivity index (χ4n) is 3.42. The van der Waals surface area contributed by atoms with E-state index < -0.39 is 0 Å². The van der Waals surface area contributed by atoms with Crippen LogP contribution in [-0.4, -0.2) is 35.6 Å². The summed E-state index contributed by atoms with van der Waals surface area (Å²) < 4.78 is 0. The summed E-state index contributed by atoms with van der Waals surface area (Å²) in [6.07, 6.45) is 6.89. The van der Waals surface area contributed by atoms with Gasteiger partial charge in [0.1, 0.15) is 5.54 Å². The first kappa shape index (κ1) is 14.8. The molecule has 1 aliphatic carbocycles. The molecule has 2 aliphatic rings. The van der Waals surface area contributed by atoms with Gasteiger partial charge in [0.15, 0.2) is 0 Å². The molecule has 3 nitrogen and oxygen atoms in total. The molecule has 0 aromatic carbocycles. The van der Waals surface area contributed by atoms with Crippen LogP contribution < -0.4 is 5.32 Å². The molecule has 1 N–H and O–H groups in total. The molecule has 1 saturated carbocycles. The lowest BCUT2D eigenvalue weighted by Gasteiger charge is -2.28. The van der Waals surface area contributed by atoms with Gasteiger partial charge in [-0.25, -0.2) is 0 Å². The Bertz CT molecular complexity index is 331. The monoisotopic (exact) mass is 263 g/mol. The molecule has 0 radical (unpaired) electrons. The highest BCUT2D eigenvalue weighted by atomic mass is 15.2. The normalized spacial score (nSPS) is 31.1. The fraction of sp³-hybridized carbons (Fsp3) is 0.938. The Morgan fingerprint density at radius 1 is 1.37 bits per heavy atom. The second-order valence-electron chi connectivity index (χ2n) is 6.75. The van der Waals surface area contributed by atoms with E-state index >= 15 is 0 Å². The molecule has 0 bridgehead atoms. The van der Waals surface area contributed by atoms with Crippen LogP contribution in [0.25, 0.3) is 0 Å². The summed E-state index contributed by atoms with van der Waals surface area (Å²) in [6.45, 7) is 9.21. The van der Waals surface area contributed by atoms with E-state index in [0.717, 1.165) is 37.8 Å². The average Bonchev–Trinajstić information content (AvgIpc) is 3.14. The summed E-state index contributed by atoms with van der Waals surface area (Å²) >= 11 is 0. The van der Waals surface area contributed by atoms with Gasteiger partial charge in [-0.1, -0.05) is 13.8 Å². The van der Waals surface area contributed by atoms with Gasteiger partial charge in [-0.15, -0.1) is 0 Å². The molecule has 1 heterocycles. The summed E-state index contributed by atoms with van der Waals surface area (Å²) in [6, 6.07) is 3.89. The number of nitrogens with zero attached hydrogens (tertiary/aromatic N) is 2. The SMILES string of the molecule is CCC(C#N)(CCCN1CC(C)CC1C)NC1CC1. The lowest BCUT2D eigenvalue weighted by atomic mass is 9.91. The molecule has 0 aromatic heterocycles. The number of nitriles is 1. The van der Waals surface area contributed by atoms with Crippen molar-refractivity contribution in [2.24, 2.45) is 5.92 Å². The summed E-state index contributed by atoms with van der Waals surface area (Å²) in [5.41, 5.74) is -0.268. The van der Waals surface area contributed by atoms with Crippen LogP contribution in [0.15, 0.2) is 0 Å². The van der Waals surface area contributed by atoms with Crippen LogP contribution in [0.5, 0.6) is 0 Å². The molecule has 108 valence electrons. The van der Waals surface area contributed by atoms with Crippen LogP contribution in [0.4, 0.5) is 0 Å². The lowest BCUT2D eigenvalue weighted by molar-refractivity contribution is 0.244. The van der Waals surface area contributed by atoms with Crippen LogP contribution in [0.1, 0.15) is 59.3 Å². The van der Waals surface area contributed by atoms with Gasteiger partial charge in [0.05, 0.1) is 6.07 Å². The topological polar surface area (TPSA) is 39.1 Å². The number of rotatable bonds is 7. The Hall–Kier alpha value is -0.590. The van der Waals surface area contributed by atoms with Crippen LogP contribution in [-0.2, 0) is 0 Å². The van der Waals surface area contributed by atoms with Crippen molar-refractivity contribution in [1.82, 2.24) is 10.2 Å². The Kier molecular flexibility index (Phi) is 4.86. The molecular weight excluding hydrogens is 234 g/mol. The smallest absolute Gasteiger partial charge is 0.106 e. The minimum Gasteiger partial charge on any atom is -0.300 e. The van der Waals surface area contributed by atoms with Crippen molar-refractivity contribution in [1.29, 1.82) is 5.26 Å². The van der Waals surface area contributed by atoms with E-state index in [0.29, 0.717) is 6.04 Å². The van der Waals surface area contributed by atoms with Crippen molar-refractivity contribution in [2.75, 3.05) is 13.1 Å². The highest BCUT2D eigenvalue weighted by molar-refractivity contribution is 5.09. The first-order chi connectivity index (χ1) is 9.08. The molecule has 0 spiro atoms. The molecule has 2 fully saturated rings. The van der Waals surface area contributed by atoms with Crippen molar-refractivity contribution in [3.63, 3.8) is 0 Å². The first-order valence-corrected chi connectivity index (χ1v) is 8.01. The van der Waals surface area contributed by atoms with Gasteiger partial charge in [-0.2, -0.15) is 5.26 Å². The third-order valence-electron chi connectivity index (χ3n) is 4.84. The third-order valence-corrected chi connectivity index (χ3v) is 4.84. The Balaban J connectivity index is 1.77. The van der Waals surface area contributed by atoms with Crippen LogP contribution >= 0.6 is 0 Å². The molecule has 0 amide bonds. The minimum absolute atomic E-state index is 0.268. The van der Waals surface area contributed by atoms with Gasteiger partial charge in [0.2, 0.25) is 0 Å². The van der Waals surface area contributed by atoms with Crippen LogP contribution in [0, 0.1) is 17.2 Å². The highest BCUT2D eigenvalue weighted by Crippen LogP contribution is 2.28. The van der Waals surface area contributed by atoms with Gasteiger partial charge < -0.3 is 4.90 Å². The van der Waals surface area contributed by atoms with Crippen molar-refractivity contribution in [3.8, 4) is 6.07 Å². The molecule has 19 heavy (non-hydrogen) atoms. The highest BCUT2D eigenvalue weighted by Gasteiger charge is 2.35. The summed E-state index contributed by atoms with van der Waals surface area (Å²) in [4.78, 5) is 2.60. The van der Waals surface area contributed by atoms with E-state index in [1.165, 1.54) is 25.8 Å². The predicted octanol–water partition coefficient (Wildman–Crippen LogP) is 2.92. The maximum absolute atomic E-state index is 9.51. The molecular formula is C16H29N3. The molecule has 0 aromatic rings. The summed E-state index contributed by atoms with van der Waals surface area (Å²) in [5.74, 6) is 0.839. The molecule has 1 saturated heterocycles. The maximum atomic E-state index is 9.51. The van der Waals surface area contributed by atoms with E-state index in [9.17, 15) is 5.26 Å². The zero-order valence-electron chi connectivity index (χ0n) is 12.8. The number of likely N-dealkylation sites (tertiary alicyclic amines) is 1. The number of nitrogens with one attached hydrogen (secondary N) is 1. The van der Waals surface area contributed by atoms with Gasteiger partial charge in [-0.05, 0) is 57.9 Å². The minimum atomic E-state index is -0.268. The summed E-state index contributed by atoms with van der Waals surface area (Å²) in [7, 11) is 0. The molecule has 3 atom stereocenters. The van der Waals surface area contributed by atoms with Gasteiger partial charge in [0, 0.05) is 18.6 Å². The van der Waals surface area contributed by atoms with E-state index in [4.69, 9.17) is 0 Å². The first-order valence-electron chi connectivity index (χ1n) is 8.01. The van der Waals surface area contributed by atoms with Crippen molar-refractivity contribution >= 4 is 0 Å². The van der Waals surface area contributed by atoms with E-state index in [2.05, 4.69) is 37.1 Å². The van der Waals surface area contributed by atoms with Gasteiger partial charge in [-0.3, -0.25) is 5.32 Å². The number of hydrogen-bond donors (Lipinski definition) is 1. The van der Waals surface area contributed by atoms with Crippen LogP contribution in [0.3, 0.4) is 0 Å². The third kappa shape index (κ3) is 3.94. The molecule has 3 heteroatoms. The second-order valence-corrected chi connectivity index (χ2v) is 6.75. The van der Waals surface area contributed by atoms with Crippen molar-refractivity contribution in [2.45, 2.75) is 76.9 Å². The molecule has 1 aliphatic heterocycles. The summed E-state index contributed by atoms with van der Waals surface area (Å²) in [5, 5.41) is 13.1. The molecule has 2 rings (SSSR count). The van der Waals surface area contributed by atoms with Crippen molar-refractivity contribution in [3.05, 3.63) is 0 Å². The molecule has 3 unspecified atom stereocenters. The number of hydrogen-bond acceptors (Lipinski definition) is 3. The predicted molar refractivity (Wildman–Crippen MR) is 78.8 cm³/mol. The van der Waals surface area contributed by atoms with E-state index in [-0.39, 0.29) is 5.54 Å². The Labute approximate surface area is 118 Å². The van der Waals surface area contributed by atoms with Gasteiger partial charge in [0.25, 0.3) is 0 Å². The van der Waals surface area contributed by atoms with Crippen LogP contribution in [0.2, 0.25) is 0 Å². The average molecular weight is 263 g/mol. The van der Waals surface area contributed by atoms with Crippen molar-refractivity contribution < 1.29 is 0 Å².